The minimum absolute atomic E-state index is 0.118. The first-order valence-corrected chi connectivity index (χ1v) is 7.04. The highest BCUT2D eigenvalue weighted by atomic mass is 19.4. The maximum absolute atomic E-state index is 12.8. The smallest absolute Gasteiger partial charge is 0.292 e. The van der Waals surface area contributed by atoms with Crippen molar-refractivity contribution < 1.29 is 18.0 Å². The lowest BCUT2D eigenvalue weighted by Crippen LogP contribution is -2.34. The average Bonchev–Trinajstić information content (AvgIpc) is 2.57. The van der Waals surface area contributed by atoms with Gasteiger partial charge in [0.15, 0.2) is 5.78 Å². The molecule has 0 N–H and O–H groups in total. The van der Waals surface area contributed by atoms with Crippen LogP contribution in [-0.4, -0.2) is 5.78 Å². The highest BCUT2D eigenvalue weighted by Crippen LogP contribution is 2.34. The molecule has 0 radical (unpaired) electrons. The van der Waals surface area contributed by atoms with Gasteiger partial charge in [0.05, 0.1) is 11.6 Å². The van der Waals surface area contributed by atoms with Crippen LogP contribution in [0.2, 0.25) is 0 Å². The highest BCUT2D eigenvalue weighted by Gasteiger charge is 2.40. The van der Waals surface area contributed by atoms with Crippen LogP contribution in [0.15, 0.2) is 54.6 Å². The maximum Gasteiger partial charge on any atom is 0.416 e. The number of carbonyl (C=O) groups is 1. The number of carbonyl (C=O) groups excluding carboxylic acids is 1. The second-order valence-corrected chi connectivity index (χ2v) is 5.14. The fraction of sp³-hybridized carbons (Fsp3) is 0.222. The van der Waals surface area contributed by atoms with Gasteiger partial charge < -0.3 is 0 Å². The van der Waals surface area contributed by atoms with E-state index in [4.69, 9.17) is 0 Å². The molecule has 0 aliphatic carbocycles. The molecule has 118 valence electrons. The minimum atomic E-state index is -4.54. The van der Waals surface area contributed by atoms with Crippen molar-refractivity contribution in [1.82, 2.24) is 0 Å². The highest BCUT2D eigenvalue weighted by molar-refractivity contribution is 6.06. The van der Waals surface area contributed by atoms with Crippen molar-refractivity contribution in [2.45, 2.75) is 24.9 Å². The van der Waals surface area contributed by atoms with E-state index < -0.39 is 22.9 Å². The molecule has 0 saturated carbocycles. The molecule has 0 fully saturated rings. The van der Waals surface area contributed by atoms with Gasteiger partial charge >= 0.3 is 6.18 Å². The second-order valence-electron chi connectivity index (χ2n) is 5.14. The molecular weight excluding hydrogens is 303 g/mol. The van der Waals surface area contributed by atoms with Crippen molar-refractivity contribution >= 4 is 5.78 Å². The van der Waals surface area contributed by atoms with Crippen LogP contribution < -0.4 is 0 Å². The Morgan fingerprint density at radius 3 is 2.17 bits per heavy atom. The SMILES string of the molecule is CCC(C#N)(C(=O)c1cccc(C(F)(F)F)c1)c1ccccc1. The third-order valence-electron chi connectivity index (χ3n) is 3.83. The zero-order valence-electron chi connectivity index (χ0n) is 12.4. The molecular formula is C18H14F3NO. The van der Waals surface area contributed by atoms with Crippen LogP contribution in [0, 0.1) is 11.3 Å². The number of nitrogens with zero attached hydrogens (tertiary/aromatic N) is 1. The Bertz CT molecular complexity index is 747. The van der Waals surface area contributed by atoms with Gasteiger partial charge in [-0.1, -0.05) is 49.4 Å². The van der Waals surface area contributed by atoms with E-state index in [0.717, 1.165) is 12.1 Å². The molecule has 0 saturated heterocycles. The maximum atomic E-state index is 12.8. The van der Waals surface area contributed by atoms with Crippen molar-refractivity contribution in [3.05, 3.63) is 71.3 Å². The number of ketones is 1. The summed E-state index contributed by atoms with van der Waals surface area (Å²) in [5.41, 5.74) is -2.04. The molecule has 1 atom stereocenters. The molecule has 2 nitrogen and oxygen atoms in total. The van der Waals surface area contributed by atoms with Crippen LogP contribution in [0.25, 0.3) is 0 Å². The van der Waals surface area contributed by atoms with Gasteiger partial charge in [0.1, 0.15) is 5.41 Å². The Hall–Kier alpha value is -2.61. The normalized spacial score (nSPS) is 13.9. The minimum Gasteiger partial charge on any atom is -0.292 e. The standard InChI is InChI=1S/C18H14F3NO/c1-2-17(12-22,14-8-4-3-5-9-14)16(23)13-7-6-10-15(11-13)18(19,20)21/h3-11H,2H2,1H3. The number of rotatable bonds is 4. The molecule has 0 amide bonds. The number of halogens is 3. The summed E-state index contributed by atoms with van der Waals surface area (Å²) in [7, 11) is 0. The molecule has 0 bridgehead atoms. The number of Topliss-reactive ketones (excluding diaryl/α,β-unsaturated/α-hetero) is 1. The Balaban J connectivity index is 2.55. The largest absolute Gasteiger partial charge is 0.416 e. The van der Waals surface area contributed by atoms with Crippen LogP contribution in [0.5, 0.6) is 0 Å². The topological polar surface area (TPSA) is 40.9 Å². The predicted octanol–water partition coefficient (Wildman–Crippen LogP) is 4.76. The first kappa shape index (κ1) is 16.8. The van der Waals surface area contributed by atoms with Gasteiger partial charge in [-0.3, -0.25) is 4.79 Å². The monoisotopic (exact) mass is 317 g/mol. The number of hydrogen-bond acceptors (Lipinski definition) is 2. The predicted molar refractivity (Wildman–Crippen MR) is 79.8 cm³/mol. The van der Waals surface area contributed by atoms with E-state index in [2.05, 4.69) is 0 Å². The van der Waals surface area contributed by atoms with Crippen molar-refractivity contribution in [3.63, 3.8) is 0 Å². The van der Waals surface area contributed by atoms with Gasteiger partial charge in [-0.15, -0.1) is 0 Å². The summed E-state index contributed by atoms with van der Waals surface area (Å²) in [6.07, 6.45) is -4.37. The average molecular weight is 317 g/mol. The van der Waals surface area contributed by atoms with E-state index in [9.17, 15) is 23.2 Å². The van der Waals surface area contributed by atoms with Crippen LogP contribution in [0.3, 0.4) is 0 Å². The molecule has 0 aromatic heterocycles. The quantitative estimate of drug-likeness (QED) is 0.763. The molecule has 2 aromatic carbocycles. The molecule has 2 rings (SSSR count). The number of benzene rings is 2. The summed E-state index contributed by atoms with van der Waals surface area (Å²) in [5.74, 6) is -0.625. The third kappa shape index (κ3) is 3.11. The molecule has 5 heteroatoms. The number of alkyl halides is 3. The molecule has 0 heterocycles. The zero-order chi connectivity index (χ0) is 17.1. The summed E-state index contributed by atoms with van der Waals surface area (Å²) in [6.45, 7) is 1.67. The van der Waals surface area contributed by atoms with Gasteiger partial charge in [0, 0.05) is 5.56 Å². The van der Waals surface area contributed by atoms with Crippen LogP contribution in [-0.2, 0) is 11.6 Å². The lowest BCUT2D eigenvalue weighted by molar-refractivity contribution is -0.137. The van der Waals surface area contributed by atoms with Gasteiger partial charge in [-0.05, 0) is 24.1 Å². The Kier molecular flexibility index (Phi) is 4.55. The van der Waals surface area contributed by atoms with Crippen LogP contribution in [0.4, 0.5) is 13.2 Å². The van der Waals surface area contributed by atoms with Gasteiger partial charge in [-0.2, -0.15) is 18.4 Å². The molecule has 23 heavy (non-hydrogen) atoms. The molecule has 0 aliphatic rings. The van der Waals surface area contributed by atoms with Gasteiger partial charge in [-0.25, -0.2) is 0 Å². The van der Waals surface area contributed by atoms with E-state index in [0.29, 0.717) is 5.56 Å². The van der Waals surface area contributed by atoms with Crippen molar-refractivity contribution in [2.75, 3.05) is 0 Å². The summed E-state index contributed by atoms with van der Waals surface area (Å²) in [4.78, 5) is 12.8. The first-order chi connectivity index (χ1) is 10.8. The lowest BCUT2D eigenvalue weighted by atomic mass is 9.73. The molecule has 1 unspecified atom stereocenters. The van der Waals surface area contributed by atoms with E-state index in [-0.39, 0.29) is 12.0 Å². The van der Waals surface area contributed by atoms with Crippen LogP contribution in [0.1, 0.15) is 34.8 Å². The fourth-order valence-corrected chi connectivity index (χ4v) is 2.50. The fourth-order valence-electron chi connectivity index (χ4n) is 2.50. The van der Waals surface area contributed by atoms with Crippen molar-refractivity contribution in [3.8, 4) is 6.07 Å². The van der Waals surface area contributed by atoms with Crippen molar-refractivity contribution in [2.24, 2.45) is 0 Å². The van der Waals surface area contributed by atoms with Crippen molar-refractivity contribution in [1.29, 1.82) is 5.26 Å². The molecule has 2 aromatic rings. The first-order valence-electron chi connectivity index (χ1n) is 7.04. The third-order valence-corrected chi connectivity index (χ3v) is 3.83. The Labute approximate surface area is 132 Å². The second kappa shape index (κ2) is 6.25. The summed E-state index contributed by atoms with van der Waals surface area (Å²) < 4.78 is 38.5. The lowest BCUT2D eigenvalue weighted by Gasteiger charge is -2.24. The Morgan fingerprint density at radius 1 is 1.04 bits per heavy atom. The van der Waals surface area contributed by atoms with Gasteiger partial charge in [0.2, 0.25) is 0 Å². The van der Waals surface area contributed by atoms with E-state index in [1.54, 1.807) is 37.3 Å². The number of hydrogen-bond donors (Lipinski definition) is 0. The Morgan fingerprint density at radius 2 is 1.65 bits per heavy atom. The van der Waals surface area contributed by atoms with E-state index in [1.807, 2.05) is 6.07 Å². The van der Waals surface area contributed by atoms with E-state index >= 15 is 0 Å². The molecule has 0 aliphatic heterocycles. The van der Waals surface area contributed by atoms with Gasteiger partial charge in [0.25, 0.3) is 0 Å². The van der Waals surface area contributed by atoms with Crippen LogP contribution >= 0.6 is 0 Å². The molecule has 0 spiro atoms. The van der Waals surface area contributed by atoms with E-state index in [1.165, 1.54) is 12.1 Å². The summed E-state index contributed by atoms with van der Waals surface area (Å²) >= 11 is 0. The summed E-state index contributed by atoms with van der Waals surface area (Å²) in [6, 6.07) is 14.6. The zero-order valence-corrected chi connectivity index (χ0v) is 12.4. The summed E-state index contributed by atoms with van der Waals surface area (Å²) in [5, 5.41) is 9.60. The number of nitriles is 1.